The van der Waals surface area contributed by atoms with Gasteiger partial charge in [-0.1, -0.05) is 30.3 Å². The van der Waals surface area contributed by atoms with Gasteiger partial charge in [0, 0.05) is 12.7 Å². The molecule has 2 N–H and O–H groups in total. The average Bonchev–Trinajstić information content (AvgIpc) is 2.88. The number of aromatic nitrogens is 3. The third kappa shape index (κ3) is 3.42. The lowest BCUT2D eigenvalue weighted by Crippen LogP contribution is -2.30. The topological polar surface area (TPSA) is 97.1 Å². The first-order valence-corrected chi connectivity index (χ1v) is 8.25. The first-order valence-electron chi connectivity index (χ1n) is 8.25. The van der Waals surface area contributed by atoms with E-state index < -0.39 is 12.0 Å². The minimum absolute atomic E-state index is 0.199. The van der Waals surface area contributed by atoms with E-state index in [9.17, 15) is 14.7 Å². The summed E-state index contributed by atoms with van der Waals surface area (Å²) >= 11 is 0. The van der Waals surface area contributed by atoms with E-state index in [0.717, 1.165) is 5.56 Å². The first-order chi connectivity index (χ1) is 12.4. The number of hydrogen-bond donors (Lipinski definition) is 2. The highest BCUT2D eigenvalue weighted by Crippen LogP contribution is 2.23. The first kappa shape index (κ1) is 17.6. The van der Waals surface area contributed by atoms with Gasteiger partial charge in [-0.3, -0.25) is 14.3 Å². The van der Waals surface area contributed by atoms with E-state index in [0.29, 0.717) is 28.0 Å². The summed E-state index contributed by atoms with van der Waals surface area (Å²) in [6, 6.07) is 10.2. The minimum Gasteiger partial charge on any atom is -0.481 e. The smallest absolute Gasteiger partial charge is 0.305 e. The lowest BCUT2D eigenvalue weighted by Gasteiger charge is -2.18. The van der Waals surface area contributed by atoms with Crippen LogP contribution in [0.15, 0.2) is 36.4 Å². The molecule has 1 unspecified atom stereocenters. The molecule has 134 valence electrons. The van der Waals surface area contributed by atoms with Crippen molar-refractivity contribution in [3.63, 3.8) is 0 Å². The molecule has 7 nitrogen and oxygen atoms in total. The van der Waals surface area contributed by atoms with Crippen molar-refractivity contribution < 1.29 is 14.7 Å². The third-order valence-corrected chi connectivity index (χ3v) is 4.23. The average molecular weight is 352 g/mol. The Morgan fingerprint density at radius 2 is 1.92 bits per heavy atom. The largest absolute Gasteiger partial charge is 0.481 e. The van der Waals surface area contributed by atoms with Crippen molar-refractivity contribution in [2.24, 2.45) is 7.05 Å². The number of carboxylic acid groups (broad SMARTS) is 1. The molecule has 7 heteroatoms. The molecule has 2 heterocycles. The zero-order valence-electron chi connectivity index (χ0n) is 14.9. The number of carbonyl (C=O) groups excluding carboxylic acids is 1. The van der Waals surface area contributed by atoms with Crippen LogP contribution in [0.4, 0.5) is 0 Å². The molecule has 0 bridgehead atoms. The van der Waals surface area contributed by atoms with E-state index in [2.05, 4.69) is 15.4 Å². The normalized spacial score (nSPS) is 12.1. The monoisotopic (exact) mass is 352 g/mol. The maximum Gasteiger partial charge on any atom is 0.305 e. The predicted molar refractivity (Wildman–Crippen MR) is 96.9 cm³/mol. The van der Waals surface area contributed by atoms with Gasteiger partial charge in [-0.05, 0) is 25.5 Å². The van der Waals surface area contributed by atoms with Crippen LogP contribution in [0.25, 0.3) is 11.0 Å². The second-order valence-corrected chi connectivity index (χ2v) is 6.25. The van der Waals surface area contributed by atoms with Gasteiger partial charge in [0.25, 0.3) is 5.91 Å². The predicted octanol–water partition coefficient (Wildman–Crippen LogP) is 2.53. The molecule has 0 aliphatic rings. The summed E-state index contributed by atoms with van der Waals surface area (Å²) in [6.45, 7) is 3.63. The molecule has 1 atom stereocenters. The molecule has 26 heavy (non-hydrogen) atoms. The third-order valence-electron chi connectivity index (χ3n) is 4.23. The molecule has 1 aromatic carbocycles. The molecule has 2 aromatic heterocycles. The van der Waals surface area contributed by atoms with E-state index in [-0.39, 0.29) is 12.3 Å². The number of nitrogens with zero attached hydrogens (tertiary/aromatic N) is 3. The maximum absolute atomic E-state index is 13.0. The van der Waals surface area contributed by atoms with Crippen molar-refractivity contribution in [1.82, 2.24) is 20.1 Å². The second-order valence-electron chi connectivity index (χ2n) is 6.25. The molecular formula is C19H20N4O3. The van der Waals surface area contributed by atoms with Crippen LogP contribution < -0.4 is 5.32 Å². The van der Waals surface area contributed by atoms with Crippen LogP contribution in [0.5, 0.6) is 0 Å². The Bertz CT molecular complexity index is 979. The number of aryl methyl sites for hydroxylation is 3. The fourth-order valence-corrected chi connectivity index (χ4v) is 3.10. The molecular weight excluding hydrogens is 332 g/mol. The summed E-state index contributed by atoms with van der Waals surface area (Å²) < 4.78 is 1.64. The van der Waals surface area contributed by atoms with Gasteiger partial charge >= 0.3 is 5.97 Å². The van der Waals surface area contributed by atoms with Crippen molar-refractivity contribution >= 4 is 22.9 Å². The number of rotatable bonds is 5. The Morgan fingerprint density at radius 1 is 1.23 bits per heavy atom. The van der Waals surface area contributed by atoms with Crippen molar-refractivity contribution in [1.29, 1.82) is 0 Å². The Kier molecular flexibility index (Phi) is 4.71. The van der Waals surface area contributed by atoms with Gasteiger partial charge in [0.05, 0.1) is 29.1 Å². The molecule has 3 rings (SSSR count). The summed E-state index contributed by atoms with van der Waals surface area (Å²) in [5, 5.41) is 17.1. The lowest BCUT2D eigenvalue weighted by atomic mass is 10.0. The fraction of sp³-hybridized carbons (Fsp3) is 0.263. The molecule has 0 aliphatic carbocycles. The molecule has 0 saturated heterocycles. The van der Waals surface area contributed by atoms with Crippen LogP contribution in [0.2, 0.25) is 0 Å². The fourth-order valence-electron chi connectivity index (χ4n) is 3.10. The van der Waals surface area contributed by atoms with Gasteiger partial charge in [0.2, 0.25) is 0 Å². The number of carbonyl (C=O) groups is 2. The highest BCUT2D eigenvalue weighted by molar-refractivity contribution is 6.06. The zero-order valence-corrected chi connectivity index (χ0v) is 14.9. The van der Waals surface area contributed by atoms with Gasteiger partial charge in [-0.15, -0.1) is 0 Å². The van der Waals surface area contributed by atoms with Crippen LogP contribution in [-0.2, 0) is 11.8 Å². The van der Waals surface area contributed by atoms with Gasteiger partial charge in [0.15, 0.2) is 5.65 Å². The Balaban J connectivity index is 2.00. The summed E-state index contributed by atoms with van der Waals surface area (Å²) in [5.41, 5.74) is 3.22. The highest BCUT2D eigenvalue weighted by atomic mass is 16.4. The van der Waals surface area contributed by atoms with E-state index in [4.69, 9.17) is 0 Å². The van der Waals surface area contributed by atoms with Crippen molar-refractivity contribution in [3.05, 3.63) is 58.9 Å². The van der Waals surface area contributed by atoms with E-state index in [1.807, 2.05) is 32.0 Å². The van der Waals surface area contributed by atoms with E-state index in [1.165, 1.54) is 0 Å². The highest BCUT2D eigenvalue weighted by Gasteiger charge is 2.22. The summed E-state index contributed by atoms with van der Waals surface area (Å²) in [7, 11) is 1.78. The van der Waals surface area contributed by atoms with E-state index >= 15 is 0 Å². The Labute approximate surface area is 150 Å². The quantitative estimate of drug-likeness (QED) is 0.735. The van der Waals surface area contributed by atoms with Gasteiger partial charge in [-0.25, -0.2) is 4.98 Å². The molecule has 3 aromatic rings. The van der Waals surface area contributed by atoms with Crippen molar-refractivity contribution in [2.75, 3.05) is 0 Å². The van der Waals surface area contributed by atoms with Gasteiger partial charge in [0.1, 0.15) is 0 Å². The van der Waals surface area contributed by atoms with Gasteiger partial charge in [-0.2, -0.15) is 5.10 Å². The number of hydrogen-bond acceptors (Lipinski definition) is 4. The summed E-state index contributed by atoms with van der Waals surface area (Å²) in [6.07, 6.45) is -0.199. The number of pyridine rings is 1. The van der Waals surface area contributed by atoms with Gasteiger partial charge < -0.3 is 10.4 Å². The molecule has 0 saturated carbocycles. The number of carboxylic acids is 1. The van der Waals surface area contributed by atoms with Crippen LogP contribution in [0.1, 0.15) is 39.8 Å². The van der Waals surface area contributed by atoms with Crippen LogP contribution in [0.3, 0.4) is 0 Å². The minimum atomic E-state index is -0.979. The number of fused-ring (bicyclic) bond motifs is 1. The second kappa shape index (κ2) is 6.95. The summed E-state index contributed by atoms with van der Waals surface area (Å²) in [4.78, 5) is 28.7. The molecule has 1 amide bonds. The number of amides is 1. The van der Waals surface area contributed by atoms with Crippen molar-refractivity contribution in [3.8, 4) is 0 Å². The zero-order chi connectivity index (χ0) is 18.8. The van der Waals surface area contributed by atoms with E-state index in [1.54, 1.807) is 29.9 Å². The molecule has 0 fully saturated rings. The molecule has 0 radical (unpaired) electrons. The van der Waals surface area contributed by atoms with Crippen LogP contribution in [0, 0.1) is 13.8 Å². The summed E-state index contributed by atoms with van der Waals surface area (Å²) in [5.74, 6) is -1.32. The number of nitrogens with one attached hydrogen (secondary N) is 1. The standard InChI is InChI=1S/C19H20N4O3/c1-11-9-14(17-12(2)22-23(3)18(17)20-11)19(26)21-15(10-16(24)25)13-7-5-4-6-8-13/h4-9,15H,10H2,1-3H3,(H,21,26)(H,24,25). The van der Waals surface area contributed by atoms with Crippen LogP contribution >= 0.6 is 0 Å². The van der Waals surface area contributed by atoms with Crippen LogP contribution in [-0.4, -0.2) is 31.7 Å². The number of benzene rings is 1. The molecule has 0 spiro atoms. The lowest BCUT2D eigenvalue weighted by molar-refractivity contribution is -0.137. The van der Waals surface area contributed by atoms with Crippen molar-refractivity contribution in [2.45, 2.75) is 26.3 Å². The molecule has 0 aliphatic heterocycles. The Morgan fingerprint density at radius 3 is 2.58 bits per heavy atom. The Hall–Kier alpha value is -3.22. The number of aliphatic carboxylic acids is 1. The maximum atomic E-state index is 13.0. The SMILES string of the molecule is Cc1cc(C(=O)NC(CC(=O)O)c2ccccc2)c2c(C)nn(C)c2n1.